The number of anilines is 1. The monoisotopic (exact) mass is 295 g/mol. The average molecular weight is 295 g/mol. The summed E-state index contributed by atoms with van der Waals surface area (Å²) >= 11 is 0. The Balaban J connectivity index is 1.72. The molecule has 1 N–H and O–H groups in total. The van der Waals surface area contributed by atoms with Crippen LogP contribution in [-0.4, -0.2) is 9.78 Å². The molecule has 0 unspecified atom stereocenters. The van der Waals surface area contributed by atoms with E-state index in [1.54, 1.807) is 10.7 Å². The summed E-state index contributed by atoms with van der Waals surface area (Å²) < 4.78 is 15.0. The summed E-state index contributed by atoms with van der Waals surface area (Å²) in [7, 11) is 1.91. The standard InChI is InChI=1S/C18H18FN3/c1-13-9-16(19)5-8-18(13)15-3-6-17(7-4-15)20-10-14-11-21-22(2)12-14/h3-9,11-12,20H,10H2,1-2H3. The van der Waals surface area contributed by atoms with E-state index in [-0.39, 0.29) is 5.82 Å². The van der Waals surface area contributed by atoms with Gasteiger partial charge in [0.25, 0.3) is 0 Å². The van der Waals surface area contributed by atoms with Crippen LogP contribution in [0.2, 0.25) is 0 Å². The first-order chi connectivity index (χ1) is 10.6. The molecular formula is C18H18FN3. The minimum absolute atomic E-state index is 0.198. The molecular weight excluding hydrogens is 277 g/mol. The zero-order valence-corrected chi connectivity index (χ0v) is 12.7. The summed E-state index contributed by atoms with van der Waals surface area (Å²) in [5.74, 6) is -0.198. The van der Waals surface area contributed by atoms with Gasteiger partial charge in [0.2, 0.25) is 0 Å². The van der Waals surface area contributed by atoms with Crippen LogP contribution in [0, 0.1) is 12.7 Å². The van der Waals surface area contributed by atoms with Crippen molar-refractivity contribution in [3.8, 4) is 11.1 Å². The molecule has 3 rings (SSSR count). The minimum Gasteiger partial charge on any atom is -0.381 e. The Morgan fingerprint density at radius 3 is 2.55 bits per heavy atom. The number of hydrogen-bond donors (Lipinski definition) is 1. The van der Waals surface area contributed by atoms with E-state index in [9.17, 15) is 4.39 Å². The highest BCUT2D eigenvalue weighted by atomic mass is 19.1. The smallest absolute Gasteiger partial charge is 0.123 e. The fourth-order valence-corrected chi connectivity index (χ4v) is 2.49. The lowest BCUT2D eigenvalue weighted by Crippen LogP contribution is -1.98. The molecule has 0 atom stereocenters. The summed E-state index contributed by atoms with van der Waals surface area (Å²) in [4.78, 5) is 0. The van der Waals surface area contributed by atoms with E-state index < -0.39 is 0 Å². The fourth-order valence-electron chi connectivity index (χ4n) is 2.49. The molecule has 0 aliphatic heterocycles. The van der Waals surface area contributed by atoms with Crippen molar-refractivity contribution in [1.82, 2.24) is 9.78 Å². The maximum absolute atomic E-state index is 13.2. The van der Waals surface area contributed by atoms with Gasteiger partial charge >= 0.3 is 0 Å². The Morgan fingerprint density at radius 1 is 1.14 bits per heavy atom. The Morgan fingerprint density at radius 2 is 1.91 bits per heavy atom. The number of rotatable bonds is 4. The molecule has 0 saturated heterocycles. The van der Waals surface area contributed by atoms with Crippen molar-refractivity contribution in [2.75, 3.05) is 5.32 Å². The maximum Gasteiger partial charge on any atom is 0.123 e. The zero-order valence-electron chi connectivity index (χ0n) is 12.7. The molecule has 22 heavy (non-hydrogen) atoms. The quantitative estimate of drug-likeness (QED) is 0.783. The summed E-state index contributed by atoms with van der Waals surface area (Å²) in [6, 6.07) is 13.0. The van der Waals surface area contributed by atoms with Gasteiger partial charge in [0.05, 0.1) is 6.20 Å². The lowest BCUT2D eigenvalue weighted by molar-refractivity contribution is 0.627. The lowest BCUT2D eigenvalue weighted by Gasteiger charge is -2.09. The van der Waals surface area contributed by atoms with Crippen molar-refractivity contribution >= 4 is 5.69 Å². The molecule has 0 radical (unpaired) electrons. The van der Waals surface area contributed by atoms with Gasteiger partial charge in [0.15, 0.2) is 0 Å². The Labute approximate surface area is 129 Å². The van der Waals surface area contributed by atoms with Crippen LogP contribution in [0.1, 0.15) is 11.1 Å². The molecule has 4 heteroatoms. The van der Waals surface area contributed by atoms with Gasteiger partial charge in [-0.1, -0.05) is 18.2 Å². The van der Waals surface area contributed by atoms with E-state index in [0.717, 1.165) is 34.5 Å². The molecule has 0 spiro atoms. The predicted octanol–water partition coefficient (Wildman–Crippen LogP) is 4.15. The number of nitrogens with one attached hydrogen (secondary N) is 1. The molecule has 3 aromatic rings. The van der Waals surface area contributed by atoms with Crippen LogP contribution >= 0.6 is 0 Å². The van der Waals surface area contributed by atoms with Crippen LogP contribution in [0.4, 0.5) is 10.1 Å². The third-order valence-electron chi connectivity index (χ3n) is 3.64. The molecule has 0 fully saturated rings. The van der Waals surface area contributed by atoms with E-state index >= 15 is 0 Å². The van der Waals surface area contributed by atoms with Crippen LogP contribution in [0.3, 0.4) is 0 Å². The molecule has 0 amide bonds. The fraction of sp³-hybridized carbons (Fsp3) is 0.167. The molecule has 0 aliphatic carbocycles. The summed E-state index contributed by atoms with van der Waals surface area (Å²) in [5, 5.41) is 7.51. The number of hydrogen-bond acceptors (Lipinski definition) is 2. The van der Waals surface area contributed by atoms with Crippen molar-refractivity contribution in [3.63, 3.8) is 0 Å². The lowest BCUT2D eigenvalue weighted by atomic mass is 10.0. The molecule has 1 heterocycles. The van der Waals surface area contributed by atoms with Gasteiger partial charge in [-0.2, -0.15) is 5.10 Å². The van der Waals surface area contributed by atoms with Crippen LogP contribution in [0.15, 0.2) is 54.9 Å². The largest absolute Gasteiger partial charge is 0.381 e. The van der Waals surface area contributed by atoms with Crippen molar-refractivity contribution in [3.05, 3.63) is 71.8 Å². The zero-order chi connectivity index (χ0) is 15.5. The van der Waals surface area contributed by atoms with Crippen molar-refractivity contribution in [1.29, 1.82) is 0 Å². The predicted molar refractivity (Wildman–Crippen MR) is 87.1 cm³/mol. The van der Waals surface area contributed by atoms with Crippen molar-refractivity contribution in [2.45, 2.75) is 13.5 Å². The first-order valence-corrected chi connectivity index (χ1v) is 7.20. The second-order valence-corrected chi connectivity index (χ2v) is 5.41. The number of benzene rings is 2. The number of halogens is 1. The average Bonchev–Trinajstić information content (AvgIpc) is 2.92. The molecule has 2 aromatic carbocycles. The van der Waals surface area contributed by atoms with Crippen LogP contribution in [-0.2, 0) is 13.6 Å². The molecule has 3 nitrogen and oxygen atoms in total. The highest BCUT2D eigenvalue weighted by molar-refractivity contribution is 5.69. The number of aromatic nitrogens is 2. The van der Waals surface area contributed by atoms with E-state index in [4.69, 9.17) is 0 Å². The number of nitrogens with zero attached hydrogens (tertiary/aromatic N) is 2. The SMILES string of the molecule is Cc1cc(F)ccc1-c1ccc(NCc2cnn(C)c2)cc1. The van der Waals surface area contributed by atoms with Gasteiger partial charge in [0, 0.05) is 31.0 Å². The van der Waals surface area contributed by atoms with Crippen molar-refractivity contribution in [2.24, 2.45) is 7.05 Å². The first-order valence-electron chi connectivity index (χ1n) is 7.20. The Hall–Kier alpha value is -2.62. The van der Waals surface area contributed by atoms with Gasteiger partial charge in [-0.3, -0.25) is 4.68 Å². The summed E-state index contributed by atoms with van der Waals surface area (Å²) in [6.07, 6.45) is 3.84. The van der Waals surface area contributed by atoms with E-state index in [1.165, 1.54) is 6.07 Å². The van der Waals surface area contributed by atoms with Crippen LogP contribution < -0.4 is 5.32 Å². The second-order valence-electron chi connectivity index (χ2n) is 5.41. The molecule has 112 valence electrons. The highest BCUT2D eigenvalue weighted by Gasteiger charge is 2.03. The van der Waals surface area contributed by atoms with Gasteiger partial charge < -0.3 is 5.32 Å². The van der Waals surface area contributed by atoms with Gasteiger partial charge in [-0.25, -0.2) is 4.39 Å². The van der Waals surface area contributed by atoms with Gasteiger partial charge in [-0.15, -0.1) is 0 Å². The Kier molecular flexibility index (Phi) is 3.92. The van der Waals surface area contributed by atoms with Crippen LogP contribution in [0.25, 0.3) is 11.1 Å². The second kappa shape index (κ2) is 6.02. The van der Waals surface area contributed by atoms with Crippen LogP contribution in [0.5, 0.6) is 0 Å². The van der Waals surface area contributed by atoms with E-state index in [2.05, 4.69) is 10.4 Å². The summed E-state index contributed by atoms with van der Waals surface area (Å²) in [5.41, 5.74) is 5.27. The molecule has 0 aliphatic rings. The third kappa shape index (κ3) is 3.17. The third-order valence-corrected chi connectivity index (χ3v) is 3.64. The topological polar surface area (TPSA) is 29.9 Å². The molecule has 0 bridgehead atoms. The minimum atomic E-state index is -0.198. The maximum atomic E-state index is 13.2. The molecule has 0 saturated carbocycles. The van der Waals surface area contributed by atoms with E-state index in [0.29, 0.717) is 0 Å². The first kappa shape index (κ1) is 14.3. The highest BCUT2D eigenvalue weighted by Crippen LogP contribution is 2.25. The Bertz CT molecular complexity index is 775. The van der Waals surface area contributed by atoms with Gasteiger partial charge in [-0.05, 0) is 47.9 Å². The van der Waals surface area contributed by atoms with Crippen molar-refractivity contribution < 1.29 is 4.39 Å². The number of aryl methyl sites for hydroxylation is 2. The van der Waals surface area contributed by atoms with E-state index in [1.807, 2.05) is 56.7 Å². The normalized spacial score (nSPS) is 10.7. The summed E-state index contributed by atoms with van der Waals surface area (Å²) in [6.45, 7) is 2.66. The van der Waals surface area contributed by atoms with Gasteiger partial charge in [0.1, 0.15) is 5.82 Å². The molecule has 1 aromatic heterocycles.